The van der Waals surface area contributed by atoms with Gasteiger partial charge in [0.05, 0.1) is 17.5 Å². The Morgan fingerprint density at radius 1 is 1.43 bits per heavy atom. The lowest BCUT2D eigenvalue weighted by molar-refractivity contribution is -0.136. The van der Waals surface area contributed by atoms with Gasteiger partial charge in [-0.15, -0.1) is 0 Å². The number of carbonyl (C=O) groups is 2. The molecule has 0 saturated carbocycles. The van der Waals surface area contributed by atoms with Crippen molar-refractivity contribution in [3.63, 3.8) is 0 Å². The van der Waals surface area contributed by atoms with Crippen molar-refractivity contribution < 1.29 is 9.59 Å². The van der Waals surface area contributed by atoms with Crippen molar-refractivity contribution in [1.82, 2.24) is 4.90 Å². The van der Waals surface area contributed by atoms with Crippen LogP contribution in [0.15, 0.2) is 0 Å². The van der Waals surface area contributed by atoms with Crippen molar-refractivity contribution in [2.75, 3.05) is 13.1 Å². The monoisotopic (exact) mass is 217 g/mol. The van der Waals surface area contributed by atoms with E-state index in [4.69, 9.17) is 11.5 Å². The molecule has 80 valence electrons. The number of hydrogen-bond donors (Lipinski definition) is 2. The summed E-state index contributed by atoms with van der Waals surface area (Å²) in [5, 5.41) is 0. The van der Waals surface area contributed by atoms with E-state index in [9.17, 15) is 9.59 Å². The average Bonchev–Trinajstić information content (AvgIpc) is 2.11. The van der Waals surface area contributed by atoms with Crippen LogP contribution in [-0.2, 0) is 9.59 Å². The molecule has 6 heteroatoms. The molecule has 0 saturated heterocycles. The lowest BCUT2D eigenvalue weighted by atomic mass is 10.1. The molecule has 2 amide bonds. The SMILES string of the molecule is CCN(CC(N)=O)C(=O)C(C)C(N)=S. The largest absolute Gasteiger partial charge is 0.393 e. The van der Waals surface area contributed by atoms with E-state index in [2.05, 4.69) is 12.2 Å². The summed E-state index contributed by atoms with van der Waals surface area (Å²) >= 11 is 4.69. The summed E-state index contributed by atoms with van der Waals surface area (Å²) in [6.07, 6.45) is 0. The molecule has 0 aliphatic heterocycles. The molecule has 5 nitrogen and oxygen atoms in total. The van der Waals surface area contributed by atoms with E-state index in [0.29, 0.717) is 6.54 Å². The average molecular weight is 217 g/mol. The van der Waals surface area contributed by atoms with Crippen LogP contribution in [0.2, 0.25) is 0 Å². The van der Waals surface area contributed by atoms with E-state index >= 15 is 0 Å². The third-order valence-corrected chi connectivity index (χ3v) is 2.19. The number of likely N-dealkylation sites (N-methyl/N-ethyl adjacent to an activating group) is 1. The Morgan fingerprint density at radius 2 is 1.93 bits per heavy atom. The third kappa shape index (κ3) is 3.69. The highest BCUT2D eigenvalue weighted by Gasteiger charge is 2.22. The first-order chi connectivity index (χ1) is 6.40. The number of carbonyl (C=O) groups excluding carboxylic acids is 2. The van der Waals surface area contributed by atoms with E-state index in [0.717, 1.165) is 0 Å². The molecule has 0 aromatic rings. The predicted molar refractivity (Wildman–Crippen MR) is 57.4 cm³/mol. The van der Waals surface area contributed by atoms with Gasteiger partial charge in [-0.25, -0.2) is 0 Å². The maximum absolute atomic E-state index is 11.6. The van der Waals surface area contributed by atoms with Gasteiger partial charge in [-0.3, -0.25) is 9.59 Å². The molecule has 0 aliphatic carbocycles. The molecule has 4 N–H and O–H groups in total. The molecule has 0 aromatic carbocycles. The Bertz CT molecular complexity index is 255. The minimum Gasteiger partial charge on any atom is -0.393 e. The molecule has 0 rings (SSSR count). The number of hydrogen-bond acceptors (Lipinski definition) is 3. The Labute approximate surface area is 88.4 Å². The van der Waals surface area contributed by atoms with Crippen LogP contribution in [0.1, 0.15) is 13.8 Å². The smallest absolute Gasteiger partial charge is 0.237 e. The van der Waals surface area contributed by atoms with E-state index < -0.39 is 11.8 Å². The Morgan fingerprint density at radius 3 is 2.21 bits per heavy atom. The van der Waals surface area contributed by atoms with Crippen LogP contribution in [0.3, 0.4) is 0 Å². The predicted octanol–water partition coefficient (Wildman–Crippen LogP) is -0.758. The Hall–Kier alpha value is -1.17. The number of primary amides is 1. The van der Waals surface area contributed by atoms with Gasteiger partial charge < -0.3 is 16.4 Å². The topological polar surface area (TPSA) is 89.4 Å². The highest BCUT2D eigenvalue weighted by molar-refractivity contribution is 7.80. The fourth-order valence-corrected chi connectivity index (χ4v) is 1.03. The van der Waals surface area contributed by atoms with E-state index in [1.807, 2.05) is 0 Å². The van der Waals surface area contributed by atoms with Crippen LogP contribution in [0.5, 0.6) is 0 Å². The molecule has 0 bridgehead atoms. The van der Waals surface area contributed by atoms with Gasteiger partial charge in [0, 0.05) is 6.54 Å². The fourth-order valence-electron chi connectivity index (χ4n) is 0.929. The van der Waals surface area contributed by atoms with Crippen molar-refractivity contribution in [2.24, 2.45) is 17.4 Å². The zero-order chi connectivity index (χ0) is 11.3. The summed E-state index contributed by atoms with van der Waals surface area (Å²) in [5.41, 5.74) is 10.3. The first kappa shape index (κ1) is 12.8. The molecule has 0 aromatic heterocycles. The van der Waals surface area contributed by atoms with E-state index in [1.165, 1.54) is 4.90 Å². The van der Waals surface area contributed by atoms with Crippen LogP contribution >= 0.6 is 12.2 Å². The van der Waals surface area contributed by atoms with Crippen LogP contribution in [0, 0.1) is 5.92 Å². The van der Waals surface area contributed by atoms with Gasteiger partial charge in [0.15, 0.2) is 0 Å². The fraction of sp³-hybridized carbons (Fsp3) is 0.625. The second kappa shape index (κ2) is 5.54. The maximum atomic E-state index is 11.6. The second-order valence-electron chi connectivity index (χ2n) is 2.94. The highest BCUT2D eigenvalue weighted by atomic mass is 32.1. The van der Waals surface area contributed by atoms with Gasteiger partial charge in [0.1, 0.15) is 0 Å². The normalized spacial score (nSPS) is 11.9. The molecule has 1 atom stereocenters. The second-order valence-corrected chi connectivity index (χ2v) is 3.41. The minimum absolute atomic E-state index is 0.0950. The van der Waals surface area contributed by atoms with Crippen molar-refractivity contribution in [1.29, 1.82) is 0 Å². The minimum atomic E-state index is -0.552. The highest BCUT2D eigenvalue weighted by Crippen LogP contribution is 2.02. The quantitative estimate of drug-likeness (QED) is 0.592. The van der Waals surface area contributed by atoms with Crippen LogP contribution in [0.4, 0.5) is 0 Å². The number of thiocarbonyl (C=S) groups is 1. The van der Waals surface area contributed by atoms with Gasteiger partial charge >= 0.3 is 0 Å². The Balaban J connectivity index is 4.45. The summed E-state index contributed by atoms with van der Waals surface area (Å²) in [6.45, 7) is 3.68. The molecule has 0 heterocycles. The summed E-state index contributed by atoms with van der Waals surface area (Å²) in [7, 11) is 0. The van der Waals surface area contributed by atoms with E-state index in [1.54, 1.807) is 13.8 Å². The number of amides is 2. The van der Waals surface area contributed by atoms with E-state index in [-0.39, 0.29) is 17.4 Å². The van der Waals surface area contributed by atoms with Crippen LogP contribution in [0.25, 0.3) is 0 Å². The summed E-state index contributed by atoms with van der Waals surface area (Å²) in [5.74, 6) is -1.36. The molecule has 0 aliphatic rings. The van der Waals surface area contributed by atoms with Gasteiger partial charge in [-0.1, -0.05) is 12.2 Å². The van der Waals surface area contributed by atoms with Crippen LogP contribution in [-0.4, -0.2) is 34.8 Å². The molecular formula is C8H15N3O2S. The standard InChI is InChI=1S/C8H15N3O2S/c1-3-11(4-6(9)12)8(13)5(2)7(10)14/h5H,3-4H2,1-2H3,(H2,9,12)(H2,10,14). The van der Waals surface area contributed by atoms with Gasteiger partial charge in [0.2, 0.25) is 11.8 Å². The number of rotatable bonds is 5. The first-order valence-electron chi connectivity index (χ1n) is 4.26. The number of nitrogens with two attached hydrogens (primary N) is 2. The summed E-state index contributed by atoms with van der Waals surface area (Å²) in [6, 6.07) is 0. The molecule has 0 spiro atoms. The van der Waals surface area contributed by atoms with Gasteiger partial charge in [-0.05, 0) is 13.8 Å². The molecule has 0 fully saturated rings. The van der Waals surface area contributed by atoms with Crippen molar-refractivity contribution >= 4 is 29.0 Å². The zero-order valence-corrected chi connectivity index (χ0v) is 9.13. The summed E-state index contributed by atoms with van der Waals surface area (Å²) in [4.78, 5) is 23.7. The molecule has 1 unspecified atom stereocenters. The molecule has 0 radical (unpaired) electrons. The lowest BCUT2D eigenvalue weighted by Crippen LogP contribution is -2.43. The summed E-state index contributed by atoms with van der Waals surface area (Å²) < 4.78 is 0. The van der Waals surface area contributed by atoms with Gasteiger partial charge in [-0.2, -0.15) is 0 Å². The molecular weight excluding hydrogens is 202 g/mol. The van der Waals surface area contributed by atoms with Crippen LogP contribution < -0.4 is 11.5 Å². The number of nitrogens with zero attached hydrogens (tertiary/aromatic N) is 1. The Kier molecular flexibility index (Phi) is 5.07. The maximum Gasteiger partial charge on any atom is 0.237 e. The first-order valence-corrected chi connectivity index (χ1v) is 4.67. The van der Waals surface area contributed by atoms with Gasteiger partial charge in [0.25, 0.3) is 0 Å². The van der Waals surface area contributed by atoms with Crippen molar-refractivity contribution in [2.45, 2.75) is 13.8 Å². The van der Waals surface area contributed by atoms with Crippen molar-refractivity contribution in [3.8, 4) is 0 Å². The third-order valence-electron chi connectivity index (χ3n) is 1.84. The molecule has 14 heavy (non-hydrogen) atoms. The zero-order valence-electron chi connectivity index (χ0n) is 8.32. The lowest BCUT2D eigenvalue weighted by Gasteiger charge is -2.22. The van der Waals surface area contributed by atoms with Crippen molar-refractivity contribution in [3.05, 3.63) is 0 Å².